The van der Waals surface area contributed by atoms with E-state index in [2.05, 4.69) is 13.8 Å². The number of hydrogen-bond acceptors (Lipinski definition) is 5. The summed E-state index contributed by atoms with van der Waals surface area (Å²) in [6.45, 7) is 5.64. The first-order chi connectivity index (χ1) is 12.2. The van der Waals surface area contributed by atoms with Gasteiger partial charge in [-0.15, -0.1) is 0 Å². The SMILES string of the molecule is CC(=O)O[C@H]1[C@H](O)CC2C3C(CC[C@@]21C)[C@@]1(C)C=CC(=O)CC1=C[C@@H]3O. The van der Waals surface area contributed by atoms with Crippen molar-refractivity contribution in [2.45, 2.75) is 64.8 Å². The van der Waals surface area contributed by atoms with Gasteiger partial charge >= 0.3 is 5.97 Å². The van der Waals surface area contributed by atoms with E-state index in [1.165, 1.54) is 6.92 Å². The molecule has 142 valence electrons. The van der Waals surface area contributed by atoms with Gasteiger partial charge < -0.3 is 14.9 Å². The number of hydrogen-bond donors (Lipinski definition) is 2. The summed E-state index contributed by atoms with van der Waals surface area (Å²) in [6.07, 6.45) is 6.38. The van der Waals surface area contributed by atoms with Crippen molar-refractivity contribution in [1.29, 1.82) is 0 Å². The van der Waals surface area contributed by atoms with Crippen LogP contribution >= 0.6 is 0 Å². The van der Waals surface area contributed by atoms with E-state index in [0.717, 1.165) is 18.4 Å². The maximum absolute atomic E-state index is 11.9. The van der Waals surface area contributed by atoms with E-state index >= 15 is 0 Å². The Balaban J connectivity index is 1.72. The molecule has 0 amide bonds. The number of allylic oxidation sites excluding steroid dienone is 3. The van der Waals surface area contributed by atoms with Gasteiger partial charge in [0.1, 0.15) is 6.10 Å². The molecule has 2 saturated carbocycles. The van der Waals surface area contributed by atoms with Gasteiger partial charge in [0.25, 0.3) is 0 Å². The Morgan fingerprint density at radius 1 is 1.27 bits per heavy atom. The molecule has 0 saturated heterocycles. The summed E-state index contributed by atoms with van der Waals surface area (Å²) in [6, 6.07) is 0. The van der Waals surface area contributed by atoms with Crippen LogP contribution in [0.4, 0.5) is 0 Å². The Bertz CT molecular complexity index is 709. The molecule has 8 atom stereocenters. The summed E-state index contributed by atoms with van der Waals surface area (Å²) in [7, 11) is 0. The van der Waals surface area contributed by atoms with Gasteiger partial charge in [0, 0.05) is 24.2 Å². The third-order valence-corrected chi connectivity index (χ3v) is 7.77. The standard InChI is InChI=1S/C21H28O5/c1-11(22)26-19-17(25)10-15-18-14(5-7-21(15,19)3)20(2)6-4-13(23)8-12(20)9-16(18)24/h4,6,9,14-19,24-25H,5,7-8,10H2,1-3H3/t14?,15?,16-,17+,18?,19-,20-,21-/m0/s1. The molecule has 0 radical (unpaired) electrons. The predicted molar refractivity (Wildman–Crippen MR) is 94.9 cm³/mol. The molecular weight excluding hydrogens is 332 g/mol. The minimum atomic E-state index is -0.693. The van der Waals surface area contributed by atoms with Gasteiger partial charge in [0.05, 0.1) is 12.2 Å². The Labute approximate surface area is 154 Å². The van der Waals surface area contributed by atoms with E-state index in [1.54, 1.807) is 6.08 Å². The molecule has 3 unspecified atom stereocenters. The second kappa shape index (κ2) is 5.77. The van der Waals surface area contributed by atoms with Crippen LogP contribution in [0.1, 0.15) is 46.5 Å². The van der Waals surface area contributed by atoms with Crippen LogP contribution < -0.4 is 0 Å². The van der Waals surface area contributed by atoms with Gasteiger partial charge in [-0.25, -0.2) is 0 Å². The van der Waals surface area contributed by atoms with Crippen LogP contribution in [0.3, 0.4) is 0 Å². The van der Waals surface area contributed by atoms with Crippen LogP contribution in [-0.4, -0.2) is 40.3 Å². The van der Waals surface area contributed by atoms with E-state index in [0.29, 0.717) is 12.8 Å². The van der Waals surface area contributed by atoms with Crippen LogP contribution in [0.2, 0.25) is 0 Å². The highest BCUT2D eigenvalue weighted by atomic mass is 16.6. The molecule has 0 aromatic carbocycles. The molecular formula is C21H28O5. The minimum Gasteiger partial charge on any atom is -0.459 e. The van der Waals surface area contributed by atoms with Gasteiger partial charge in [0.15, 0.2) is 5.78 Å². The molecule has 0 aliphatic heterocycles. The maximum Gasteiger partial charge on any atom is 0.303 e. The second-order valence-corrected chi connectivity index (χ2v) is 9.11. The first-order valence-electron chi connectivity index (χ1n) is 9.63. The van der Waals surface area contributed by atoms with E-state index in [1.807, 2.05) is 12.2 Å². The topological polar surface area (TPSA) is 83.8 Å². The van der Waals surface area contributed by atoms with Gasteiger partial charge in [-0.3, -0.25) is 9.59 Å². The van der Waals surface area contributed by atoms with Gasteiger partial charge in [0.2, 0.25) is 0 Å². The fourth-order valence-electron chi connectivity index (χ4n) is 6.46. The summed E-state index contributed by atoms with van der Waals surface area (Å²) >= 11 is 0. The highest BCUT2D eigenvalue weighted by Crippen LogP contribution is 2.64. The summed E-state index contributed by atoms with van der Waals surface area (Å²) in [5.74, 6) is 0.0198. The Hall–Kier alpha value is -1.46. The van der Waals surface area contributed by atoms with Gasteiger partial charge in [-0.05, 0) is 43.1 Å². The van der Waals surface area contributed by atoms with Crippen molar-refractivity contribution < 1.29 is 24.5 Å². The number of ether oxygens (including phenoxy) is 1. The second-order valence-electron chi connectivity index (χ2n) is 9.11. The first-order valence-corrected chi connectivity index (χ1v) is 9.63. The highest BCUT2D eigenvalue weighted by molar-refractivity contribution is 5.93. The molecule has 0 aromatic heterocycles. The monoisotopic (exact) mass is 360 g/mol. The number of aliphatic hydroxyl groups excluding tert-OH is 2. The van der Waals surface area contributed by atoms with Crippen molar-refractivity contribution in [3.05, 3.63) is 23.8 Å². The van der Waals surface area contributed by atoms with Crippen molar-refractivity contribution in [3.63, 3.8) is 0 Å². The van der Waals surface area contributed by atoms with Gasteiger partial charge in [-0.2, -0.15) is 0 Å². The van der Waals surface area contributed by atoms with Crippen molar-refractivity contribution >= 4 is 11.8 Å². The first kappa shape index (κ1) is 17.9. The molecule has 2 fully saturated rings. The number of fused-ring (bicyclic) bond motifs is 5. The van der Waals surface area contributed by atoms with Crippen LogP contribution in [0.15, 0.2) is 23.8 Å². The van der Waals surface area contributed by atoms with E-state index in [4.69, 9.17) is 4.74 Å². The number of aliphatic hydroxyl groups is 2. The van der Waals surface area contributed by atoms with Crippen molar-refractivity contribution in [2.24, 2.45) is 28.6 Å². The lowest BCUT2D eigenvalue weighted by Crippen LogP contribution is -2.54. The number of esters is 1. The lowest BCUT2D eigenvalue weighted by atomic mass is 9.48. The summed E-state index contributed by atoms with van der Waals surface area (Å²) in [4.78, 5) is 23.4. The lowest BCUT2D eigenvalue weighted by molar-refractivity contribution is -0.164. The van der Waals surface area contributed by atoms with Crippen molar-refractivity contribution in [2.75, 3.05) is 0 Å². The number of carbonyl (C=O) groups is 2. The lowest BCUT2D eigenvalue weighted by Gasteiger charge is -2.56. The molecule has 4 aliphatic rings. The fourth-order valence-corrected chi connectivity index (χ4v) is 6.46. The average molecular weight is 360 g/mol. The zero-order chi connectivity index (χ0) is 18.9. The third-order valence-electron chi connectivity index (χ3n) is 7.77. The quantitative estimate of drug-likeness (QED) is 0.553. The summed E-state index contributed by atoms with van der Waals surface area (Å²) in [5.41, 5.74) is 0.477. The molecule has 26 heavy (non-hydrogen) atoms. The Morgan fingerprint density at radius 2 is 2.00 bits per heavy atom. The molecule has 5 heteroatoms. The molecule has 0 spiro atoms. The van der Waals surface area contributed by atoms with E-state index in [9.17, 15) is 19.8 Å². The number of carbonyl (C=O) groups excluding carboxylic acids is 2. The van der Waals surface area contributed by atoms with Crippen molar-refractivity contribution in [3.8, 4) is 0 Å². The minimum absolute atomic E-state index is 0.00411. The van der Waals surface area contributed by atoms with Crippen LogP contribution in [0.5, 0.6) is 0 Å². The molecule has 5 nitrogen and oxygen atoms in total. The molecule has 0 bridgehead atoms. The van der Waals surface area contributed by atoms with E-state index in [-0.39, 0.29) is 40.3 Å². The fraction of sp³-hybridized carbons (Fsp3) is 0.714. The molecule has 4 rings (SSSR count). The van der Waals surface area contributed by atoms with Crippen LogP contribution in [0, 0.1) is 28.6 Å². The summed E-state index contributed by atoms with van der Waals surface area (Å²) in [5, 5.41) is 21.6. The Kier molecular flexibility index (Phi) is 3.98. The third kappa shape index (κ3) is 2.36. The van der Waals surface area contributed by atoms with E-state index < -0.39 is 18.3 Å². The van der Waals surface area contributed by atoms with Crippen molar-refractivity contribution in [1.82, 2.24) is 0 Å². The zero-order valence-electron chi connectivity index (χ0n) is 15.6. The molecule has 2 N–H and O–H groups in total. The molecule has 4 aliphatic carbocycles. The van der Waals surface area contributed by atoms with Gasteiger partial charge in [-0.1, -0.05) is 31.6 Å². The zero-order valence-corrected chi connectivity index (χ0v) is 15.6. The molecule has 0 aromatic rings. The number of ketones is 1. The summed E-state index contributed by atoms with van der Waals surface area (Å²) < 4.78 is 5.51. The Morgan fingerprint density at radius 3 is 2.69 bits per heavy atom. The van der Waals surface area contributed by atoms with Crippen LogP contribution in [0.25, 0.3) is 0 Å². The maximum atomic E-state index is 11.9. The predicted octanol–water partition coefficient (Wildman–Crippen LogP) is 2.17. The average Bonchev–Trinajstić information content (AvgIpc) is 2.80. The van der Waals surface area contributed by atoms with Crippen LogP contribution in [-0.2, 0) is 14.3 Å². The smallest absolute Gasteiger partial charge is 0.303 e. The molecule has 0 heterocycles. The largest absolute Gasteiger partial charge is 0.459 e. The normalized spacial score (nSPS) is 49.7. The highest BCUT2D eigenvalue weighted by Gasteiger charge is 2.63. The number of rotatable bonds is 1.